The van der Waals surface area contributed by atoms with E-state index in [1.807, 2.05) is 0 Å². The molecule has 1 aromatic heterocycles. The Bertz CT molecular complexity index is 956. The van der Waals surface area contributed by atoms with E-state index in [-0.39, 0.29) is 18.4 Å². The lowest BCUT2D eigenvalue weighted by Gasteiger charge is -2.33. The van der Waals surface area contributed by atoms with Crippen LogP contribution in [0.5, 0.6) is 0 Å². The number of sulfonamides is 1. The summed E-state index contributed by atoms with van der Waals surface area (Å²) in [5.41, 5.74) is 1.42. The SMILES string of the molecule is O=C(NCCN1CCC(Cc2ccccc2)CC1)C1CCCN(S(=O)(=O)c2cccs2)C1. The van der Waals surface area contributed by atoms with Crippen LogP contribution >= 0.6 is 11.3 Å². The minimum absolute atomic E-state index is 0.0185. The van der Waals surface area contributed by atoms with E-state index in [4.69, 9.17) is 0 Å². The first-order valence-electron chi connectivity index (χ1n) is 11.6. The number of carbonyl (C=O) groups is 1. The van der Waals surface area contributed by atoms with E-state index in [9.17, 15) is 13.2 Å². The van der Waals surface area contributed by atoms with Gasteiger partial charge in [0, 0.05) is 26.2 Å². The maximum absolute atomic E-state index is 12.8. The molecule has 4 rings (SSSR count). The van der Waals surface area contributed by atoms with Crippen LogP contribution in [0.15, 0.2) is 52.1 Å². The molecule has 0 radical (unpaired) electrons. The van der Waals surface area contributed by atoms with Crippen LogP contribution in [-0.4, -0.2) is 62.8 Å². The summed E-state index contributed by atoms with van der Waals surface area (Å²) in [6.45, 7) is 4.39. The van der Waals surface area contributed by atoms with Gasteiger partial charge in [-0.05, 0) is 68.1 Å². The quantitative estimate of drug-likeness (QED) is 0.637. The molecule has 0 bridgehead atoms. The molecule has 6 nitrogen and oxygen atoms in total. The second-order valence-electron chi connectivity index (χ2n) is 8.90. The molecule has 2 fully saturated rings. The number of thiophene rings is 1. The zero-order valence-corrected chi connectivity index (χ0v) is 20.1. The Balaban J connectivity index is 1.18. The highest BCUT2D eigenvalue weighted by molar-refractivity contribution is 7.91. The normalized spacial score (nSPS) is 21.4. The summed E-state index contributed by atoms with van der Waals surface area (Å²) in [5, 5.41) is 4.83. The van der Waals surface area contributed by atoms with Gasteiger partial charge in [0.1, 0.15) is 4.21 Å². The summed E-state index contributed by atoms with van der Waals surface area (Å²) in [7, 11) is -3.49. The molecule has 1 aromatic carbocycles. The Kier molecular flexibility index (Phi) is 7.99. The number of rotatable bonds is 8. The highest BCUT2D eigenvalue weighted by Gasteiger charge is 2.33. The molecule has 32 heavy (non-hydrogen) atoms. The minimum atomic E-state index is -3.49. The summed E-state index contributed by atoms with van der Waals surface area (Å²) < 4.78 is 27.4. The van der Waals surface area contributed by atoms with Gasteiger partial charge in [0.2, 0.25) is 5.91 Å². The van der Waals surface area contributed by atoms with E-state index in [1.54, 1.807) is 17.5 Å². The lowest BCUT2D eigenvalue weighted by molar-refractivity contribution is -0.126. The fraction of sp³-hybridized carbons (Fsp3) is 0.542. The number of nitrogens with zero attached hydrogens (tertiary/aromatic N) is 2. The van der Waals surface area contributed by atoms with Crippen molar-refractivity contribution in [3.63, 3.8) is 0 Å². The number of piperidine rings is 2. The van der Waals surface area contributed by atoms with Gasteiger partial charge in [-0.15, -0.1) is 11.3 Å². The third-order valence-corrected chi connectivity index (χ3v) is 9.88. The Hall–Kier alpha value is -1.74. The second-order valence-corrected chi connectivity index (χ2v) is 12.0. The molecule has 174 valence electrons. The highest BCUT2D eigenvalue weighted by atomic mass is 32.2. The Morgan fingerprint density at radius 1 is 1.03 bits per heavy atom. The van der Waals surface area contributed by atoms with Crippen LogP contribution in [0.2, 0.25) is 0 Å². The number of likely N-dealkylation sites (tertiary alicyclic amines) is 1. The molecule has 0 saturated carbocycles. The molecule has 2 aromatic rings. The smallest absolute Gasteiger partial charge is 0.252 e. The van der Waals surface area contributed by atoms with Crippen molar-refractivity contribution in [2.24, 2.45) is 11.8 Å². The van der Waals surface area contributed by atoms with Gasteiger partial charge < -0.3 is 10.2 Å². The van der Waals surface area contributed by atoms with Gasteiger partial charge in [0.15, 0.2) is 0 Å². The molecule has 2 saturated heterocycles. The van der Waals surface area contributed by atoms with Crippen molar-refractivity contribution in [3.05, 3.63) is 53.4 Å². The zero-order chi connectivity index (χ0) is 22.4. The van der Waals surface area contributed by atoms with Gasteiger partial charge in [-0.1, -0.05) is 36.4 Å². The average Bonchev–Trinajstić information content (AvgIpc) is 3.37. The summed E-state index contributed by atoms with van der Waals surface area (Å²) in [5.74, 6) is 0.451. The topological polar surface area (TPSA) is 69.7 Å². The second kappa shape index (κ2) is 10.9. The van der Waals surface area contributed by atoms with Crippen LogP contribution in [0.3, 0.4) is 0 Å². The Morgan fingerprint density at radius 3 is 2.53 bits per heavy atom. The summed E-state index contributed by atoms with van der Waals surface area (Å²) in [4.78, 5) is 15.1. The van der Waals surface area contributed by atoms with Crippen LogP contribution < -0.4 is 5.32 Å². The van der Waals surface area contributed by atoms with Crippen LogP contribution in [0.25, 0.3) is 0 Å². The lowest BCUT2D eigenvalue weighted by Crippen LogP contribution is -2.46. The molecule has 1 amide bonds. The van der Waals surface area contributed by atoms with E-state index in [0.29, 0.717) is 17.3 Å². The van der Waals surface area contributed by atoms with E-state index in [2.05, 4.69) is 40.5 Å². The molecular formula is C24H33N3O3S2. The molecule has 2 aliphatic heterocycles. The van der Waals surface area contributed by atoms with Crippen LogP contribution in [0.4, 0.5) is 0 Å². The molecule has 8 heteroatoms. The maximum atomic E-state index is 12.8. The molecule has 0 aliphatic carbocycles. The van der Waals surface area contributed by atoms with E-state index in [0.717, 1.165) is 44.8 Å². The van der Waals surface area contributed by atoms with Crippen molar-refractivity contribution >= 4 is 27.3 Å². The summed E-state index contributed by atoms with van der Waals surface area (Å²) in [6, 6.07) is 14.1. The fourth-order valence-electron chi connectivity index (χ4n) is 4.76. The van der Waals surface area contributed by atoms with Crippen molar-refractivity contribution in [2.45, 2.75) is 36.3 Å². The first kappa shape index (κ1) is 23.4. The molecule has 3 heterocycles. The van der Waals surface area contributed by atoms with E-state index in [1.165, 1.54) is 34.0 Å². The van der Waals surface area contributed by atoms with Gasteiger partial charge >= 0.3 is 0 Å². The van der Waals surface area contributed by atoms with Crippen molar-refractivity contribution in [3.8, 4) is 0 Å². The van der Waals surface area contributed by atoms with Crippen LogP contribution in [0, 0.1) is 11.8 Å². The summed E-state index contributed by atoms with van der Waals surface area (Å²) in [6.07, 6.45) is 5.00. The van der Waals surface area contributed by atoms with Crippen molar-refractivity contribution < 1.29 is 13.2 Å². The van der Waals surface area contributed by atoms with E-state index >= 15 is 0 Å². The standard InChI is InChI=1S/C24H33N3O3S2/c28-24(22-8-4-13-27(19-22)32(29,30)23-9-5-17-31-23)25-12-16-26-14-10-21(11-15-26)18-20-6-2-1-3-7-20/h1-3,5-7,9,17,21-22H,4,8,10-16,18-19H2,(H,25,28). The predicted octanol–water partition coefficient (Wildman–Crippen LogP) is 3.22. The van der Waals surface area contributed by atoms with Crippen LogP contribution in [-0.2, 0) is 21.2 Å². The number of hydrogen-bond donors (Lipinski definition) is 1. The number of carbonyl (C=O) groups excluding carboxylic acids is 1. The van der Waals surface area contributed by atoms with Gasteiger partial charge in [0.25, 0.3) is 10.0 Å². The number of benzene rings is 1. The molecule has 2 aliphatic rings. The monoisotopic (exact) mass is 475 g/mol. The molecule has 1 unspecified atom stereocenters. The third kappa shape index (κ3) is 5.98. The highest BCUT2D eigenvalue weighted by Crippen LogP contribution is 2.26. The zero-order valence-electron chi connectivity index (χ0n) is 18.5. The van der Waals surface area contributed by atoms with Gasteiger partial charge in [-0.3, -0.25) is 4.79 Å². The van der Waals surface area contributed by atoms with Gasteiger partial charge in [-0.2, -0.15) is 4.31 Å². The predicted molar refractivity (Wildman–Crippen MR) is 128 cm³/mol. The number of nitrogens with one attached hydrogen (secondary N) is 1. The average molecular weight is 476 g/mol. The molecule has 0 spiro atoms. The van der Waals surface area contributed by atoms with Gasteiger partial charge in [0.05, 0.1) is 5.92 Å². The number of amides is 1. The first-order valence-corrected chi connectivity index (χ1v) is 13.9. The van der Waals surface area contributed by atoms with Crippen molar-refractivity contribution in [1.29, 1.82) is 0 Å². The summed E-state index contributed by atoms with van der Waals surface area (Å²) >= 11 is 1.23. The molecule has 1 atom stereocenters. The Labute approximate surface area is 195 Å². The lowest BCUT2D eigenvalue weighted by atomic mass is 9.90. The van der Waals surface area contributed by atoms with Crippen molar-refractivity contribution in [2.75, 3.05) is 39.3 Å². The maximum Gasteiger partial charge on any atom is 0.252 e. The first-order chi connectivity index (χ1) is 15.5. The van der Waals surface area contributed by atoms with Crippen LogP contribution in [0.1, 0.15) is 31.2 Å². The largest absolute Gasteiger partial charge is 0.355 e. The minimum Gasteiger partial charge on any atom is -0.355 e. The molecular weight excluding hydrogens is 442 g/mol. The number of hydrogen-bond acceptors (Lipinski definition) is 5. The Morgan fingerprint density at radius 2 is 1.81 bits per heavy atom. The van der Waals surface area contributed by atoms with Gasteiger partial charge in [-0.25, -0.2) is 8.42 Å². The van der Waals surface area contributed by atoms with Crippen molar-refractivity contribution in [1.82, 2.24) is 14.5 Å². The fourth-order valence-corrected chi connectivity index (χ4v) is 7.42. The third-order valence-electron chi connectivity index (χ3n) is 6.65. The molecule has 1 N–H and O–H groups in total. The van der Waals surface area contributed by atoms with E-state index < -0.39 is 10.0 Å².